The molecular weight excluding hydrogens is 288 g/mol. The van der Waals surface area contributed by atoms with Crippen LogP contribution in [0.5, 0.6) is 5.75 Å². The van der Waals surface area contributed by atoms with Crippen LogP contribution in [-0.2, 0) is 20.3 Å². The van der Waals surface area contributed by atoms with Crippen LogP contribution in [0.3, 0.4) is 0 Å². The normalized spacial score (nSPS) is 11.0. The lowest BCUT2D eigenvalue weighted by Gasteiger charge is -2.07. The van der Waals surface area contributed by atoms with E-state index in [0.717, 1.165) is 22.2 Å². The molecule has 1 heterocycles. The monoisotopic (exact) mass is 302 g/mol. The predicted molar refractivity (Wildman–Crippen MR) is 82.4 cm³/mol. The van der Waals surface area contributed by atoms with E-state index in [1.165, 1.54) is 0 Å². The average Bonchev–Trinajstić information content (AvgIpc) is 2.83. The number of benzene rings is 2. The zero-order valence-electron chi connectivity index (χ0n) is 11.6. The van der Waals surface area contributed by atoms with Gasteiger partial charge in [0.1, 0.15) is 18.1 Å². The third-order valence-corrected chi connectivity index (χ3v) is 3.67. The molecule has 0 spiro atoms. The second-order valence-electron chi connectivity index (χ2n) is 4.80. The van der Waals surface area contributed by atoms with Crippen molar-refractivity contribution in [2.24, 2.45) is 7.05 Å². The van der Waals surface area contributed by atoms with Crippen molar-refractivity contribution in [3.05, 3.63) is 58.7 Å². The summed E-state index contributed by atoms with van der Waals surface area (Å²) in [5.74, 6) is 0.587. The van der Waals surface area contributed by atoms with E-state index in [9.17, 15) is 0 Å². The zero-order chi connectivity index (χ0) is 14.8. The quantitative estimate of drug-likeness (QED) is 0.804. The van der Waals surface area contributed by atoms with Crippen LogP contribution in [0, 0.1) is 0 Å². The fourth-order valence-electron chi connectivity index (χ4n) is 2.30. The summed E-state index contributed by atoms with van der Waals surface area (Å²) in [6, 6.07) is 13.3. The highest BCUT2D eigenvalue weighted by Crippen LogP contribution is 2.27. The van der Waals surface area contributed by atoms with Crippen LogP contribution in [0.4, 0.5) is 0 Å². The standard InChI is InChI=1S/C16H15ClN2O2/c1-19-15-5-3-2-4-12(15)14(18-19)10-21-16-7-6-11(9-20)8-13(16)17/h2-8,20H,9-10H2,1H3. The van der Waals surface area contributed by atoms with Gasteiger partial charge in [0.15, 0.2) is 0 Å². The van der Waals surface area contributed by atoms with Crippen LogP contribution in [0.15, 0.2) is 42.5 Å². The van der Waals surface area contributed by atoms with Crippen molar-refractivity contribution in [3.8, 4) is 5.75 Å². The van der Waals surface area contributed by atoms with Crippen molar-refractivity contribution >= 4 is 22.5 Å². The second kappa shape index (κ2) is 5.76. The van der Waals surface area contributed by atoms with E-state index >= 15 is 0 Å². The Morgan fingerprint density at radius 2 is 2.05 bits per heavy atom. The Balaban J connectivity index is 1.84. The predicted octanol–water partition coefficient (Wildman–Crippen LogP) is 3.30. The van der Waals surface area contributed by atoms with Gasteiger partial charge < -0.3 is 9.84 Å². The maximum atomic E-state index is 9.07. The van der Waals surface area contributed by atoms with Crippen molar-refractivity contribution < 1.29 is 9.84 Å². The molecule has 0 saturated carbocycles. The second-order valence-corrected chi connectivity index (χ2v) is 5.21. The molecule has 5 heteroatoms. The first kappa shape index (κ1) is 13.9. The average molecular weight is 303 g/mol. The van der Waals surface area contributed by atoms with Gasteiger partial charge in [-0.15, -0.1) is 0 Å². The minimum Gasteiger partial charge on any atom is -0.486 e. The van der Waals surface area contributed by atoms with Crippen molar-refractivity contribution in [1.82, 2.24) is 9.78 Å². The summed E-state index contributed by atoms with van der Waals surface area (Å²) >= 11 is 6.14. The molecule has 108 valence electrons. The Morgan fingerprint density at radius 1 is 1.24 bits per heavy atom. The molecule has 0 fully saturated rings. The molecular formula is C16H15ClN2O2. The van der Waals surface area contributed by atoms with Crippen molar-refractivity contribution in [2.45, 2.75) is 13.2 Å². The summed E-state index contributed by atoms with van der Waals surface area (Å²) in [5.41, 5.74) is 2.70. The number of ether oxygens (including phenoxy) is 1. The number of nitrogens with zero attached hydrogens (tertiary/aromatic N) is 2. The molecule has 0 atom stereocenters. The first-order valence-electron chi connectivity index (χ1n) is 6.61. The lowest BCUT2D eigenvalue weighted by molar-refractivity contribution is 0.280. The molecule has 4 nitrogen and oxygen atoms in total. The Kier molecular flexibility index (Phi) is 3.82. The molecule has 2 aromatic carbocycles. The maximum absolute atomic E-state index is 9.07. The molecule has 3 aromatic rings. The van der Waals surface area contributed by atoms with E-state index in [1.54, 1.807) is 18.2 Å². The summed E-state index contributed by atoms with van der Waals surface area (Å²) < 4.78 is 7.59. The highest BCUT2D eigenvalue weighted by Gasteiger charge is 2.10. The lowest BCUT2D eigenvalue weighted by Crippen LogP contribution is -1.99. The topological polar surface area (TPSA) is 47.3 Å². The van der Waals surface area contributed by atoms with E-state index in [1.807, 2.05) is 36.0 Å². The molecule has 21 heavy (non-hydrogen) atoms. The fraction of sp³-hybridized carbons (Fsp3) is 0.188. The van der Waals surface area contributed by atoms with E-state index in [4.69, 9.17) is 21.4 Å². The van der Waals surface area contributed by atoms with Gasteiger partial charge in [0.2, 0.25) is 0 Å². The van der Waals surface area contributed by atoms with Gasteiger partial charge in [-0.2, -0.15) is 5.10 Å². The number of aliphatic hydroxyl groups excluding tert-OH is 1. The van der Waals surface area contributed by atoms with Crippen molar-refractivity contribution in [1.29, 1.82) is 0 Å². The van der Waals surface area contributed by atoms with E-state index in [0.29, 0.717) is 17.4 Å². The maximum Gasteiger partial charge on any atom is 0.138 e. The minimum absolute atomic E-state index is 0.0368. The smallest absolute Gasteiger partial charge is 0.138 e. The zero-order valence-corrected chi connectivity index (χ0v) is 12.3. The number of fused-ring (bicyclic) bond motifs is 1. The molecule has 1 N–H and O–H groups in total. The van der Waals surface area contributed by atoms with Crippen molar-refractivity contribution in [3.63, 3.8) is 0 Å². The number of hydrogen-bond donors (Lipinski definition) is 1. The number of rotatable bonds is 4. The molecule has 0 aliphatic heterocycles. The summed E-state index contributed by atoms with van der Waals surface area (Å²) in [7, 11) is 1.91. The molecule has 0 bridgehead atoms. The van der Waals surface area contributed by atoms with Crippen LogP contribution in [0.1, 0.15) is 11.3 Å². The number of aryl methyl sites for hydroxylation is 1. The number of para-hydroxylation sites is 1. The Bertz CT molecular complexity index is 783. The van der Waals surface area contributed by atoms with Gasteiger partial charge in [-0.25, -0.2) is 0 Å². The summed E-state index contributed by atoms with van der Waals surface area (Å²) in [4.78, 5) is 0. The first-order valence-corrected chi connectivity index (χ1v) is 6.99. The van der Waals surface area contributed by atoms with Gasteiger partial charge in [-0.05, 0) is 23.8 Å². The molecule has 0 radical (unpaired) electrons. The molecule has 3 rings (SSSR count). The Hall–Kier alpha value is -2.04. The van der Waals surface area contributed by atoms with Gasteiger partial charge in [-0.1, -0.05) is 35.9 Å². The highest BCUT2D eigenvalue weighted by molar-refractivity contribution is 6.32. The van der Waals surface area contributed by atoms with Crippen LogP contribution < -0.4 is 4.74 Å². The largest absolute Gasteiger partial charge is 0.486 e. The molecule has 0 aliphatic carbocycles. The van der Waals surface area contributed by atoms with Gasteiger partial charge in [-0.3, -0.25) is 4.68 Å². The molecule has 0 unspecified atom stereocenters. The number of aromatic nitrogens is 2. The Morgan fingerprint density at radius 3 is 2.81 bits per heavy atom. The van der Waals surface area contributed by atoms with Crippen LogP contribution >= 0.6 is 11.6 Å². The molecule has 0 saturated heterocycles. The minimum atomic E-state index is -0.0368. The van der Waals surface area contributed by atoms with Gasteiger partial charge in [0.05, 0.1) is 17.1 Å². The van der Waals surface area contributed by atoms with Gasteiger partial charge >= 0.3 is 0 Å². The number of halogens is 1. The van der Waals surface area contributed by atoms with E-state index < -0.39 is 0 Å². The third-order valence-electron chi connectivity index (χ3n) is 3.38. The summed E-state index contributed by atoms with van der Waals surface area (Å²) in [6.45, 7) is 0.310. The molecule has 0 amide bonds. The van der Waals surface area contributed by atoms with Crippen LogP contribution in [0.2, 0.25) is 5.02 Å². The third kappa shape index (κ3) is 2.73. The highest BCUT2D eigenvalue weighted by atomic mass is 35.5. The van der Waals surface area contributed by atoms with Crippen LogP contribution in [-0.4, -0.2) is 14.9 Å². The van der Waals surface area contributed by atoms with Gasteiger partial charge in [0, 0.05) is 12.4 Å². The summed E-state index contributed by atoms with van der Waals surface area (Å²) in [6.07, 6.45) is 0. The van der Waals surface area contributed by atoms with Crippen LogP contribution in [0.25, 0.3) is 10.9 Å². The van der Waals surface area contributed by atoms with E-state index in [-0.39, 0.29) is 6.61 Å². The fourth-order valence-corrected chi connectivity index (χ4v) is 2.56. The molecule has 1 aromatic heterocycles. The Labute approximate surface area is 127 Å². The lowest BCUT2D eigenvalue weighted by atomic mass is 10.2. The van der Waals surface area contributed by atoms with E-state index in [2.05, 4.69) is 5.10 Å². The van der Waals surface area contributed by atoms with Crippen molar-refractivity contribution in [2.75, 3.05) is 0 Å². The van der Waals surface area contributed by atoms with Gasteiger partial charge in [0.25, 0.3) is 0 Å². The molecule has 0 aliphatic rings. The summed E-state index contributed by atoms with van der Waals surface area (Å²) in [5, 5.41) is 15.1. The number of hydrogen-bond acceptors (Lipinski definition) is 3. The number of aliphatic hydroxyl groups is 1. The SMILES string of the molecule is Cn1nc(COc2ccc(CO)cc2Cl)c2ccccc21. The first-order chi connectivity index (χ1) is 10.2.